The second kappa shape index (κ2) is 31.1. The summed E-state index contributed by atoms with van der Waals surface area (Å²) in [5.41, 5.74) is 13.4. The summed E-state index contributed by atoms with van der Waals surface area (Å²) >= 11 is 0. The molecule has 0 aromatic heterocycles. The SMILES string of the molecule is CO[C@@H](Cc1ccccc1)[C@@H](C)/C=C(C)/C=C/C1NC(=O)[C@H](CCCN=C(N)N)NC(=O)[C@@H](C)[C@H](C(=O)O)NC(=O)[C@H](CCc2ccc(O)cc2)NC(=O)[C@@H](C)NC(=O)[C@H](CO)NC(=O)CCC(C(=O)O)NC(=O)[C@H]1C. The standard InChI is InChI=1S/C52H74N10O14/c1-28(25-29(2)41(76-6)26-34-11-8-7-9-12-34)14-20-36-30(3)44(66)61-39(50(72)73)22-23-42(65)57-40(27-63)49(71)56-32(5)46(68)60-38(21-17-33-15-18-35(64)19-16-33)48(70)62-43(51(74)75)31(4)45(67)59-37(47(69)58-36)13-10-24-55-52(53)54/h7-9,11-12,14-16,18-20,25,29-32,36-41,43,63-64H,10,13,17,21-24,26-27H2,1-6H3,(H,56,71)(H,57,65)(H,58,69)(H,59,67)(H,60,68)(H,61,66)(H,62,70)(H,72,73)(H,74,75)(H4,53,54,55)/b20-14+,28-25+/t29-,30-,31-,32+,36?,37-,38-,39?,40-,41-,43+/m0/s1. The highest BCUT2D eigenvalue weighted by molar-refractivity contribution is 5.97. The Labute approximate surface area is 441 Å². The number of phenols is 1. The molecule has 15 N–H and O–H groups in total. The quantitative estimate of drug-likeness (QED) is 0.0408. The molecular weight excluding hydrogens is 989 g/mol. The van der Waals surface area contributed by atoms with Gasteiger partial charge in [-0.1, -0.05) is 87.0 Å². The summed E-state index contributed by atoms with van der Waals surface area (Å²) in [6.07, 6.45) is 4.24. The van der Waals surface area contributed by atoms with E-state index in [9.17, 15) is 63.6 Å². The van der Waals surface area contributed by atoms with Gasteiger partial charge in [0.2, 0.25) is 41.4 Å². The number of guanidine groups is 1. The summed E-state index contributed by atoms with van der Waals surface area (Å²) in [6.45, 7) is 6.60. The molecule has 1 heterocycles. The van der Waals surface area contributed by atoms with Crippen LogP contribution in [-0.2, 0) is 60.7 Å². The first-order chi connectivity index (χ1) is 35.9. The molecule has 1 fully saturated rings. The lowest BCUT2D eigenvalue weighted by atomic mass is 9.94. The number of aliphatic hydroxyl groups excluding tert-OH is 1. The number of methoxy groups -OCH3 is 1. The van der Waals surface area contributed by atoms with Crippen molar-refractivity contribution in [3.8, 4) is 5.75 Å². The van der Waals surface area contributed by atoms with Gasteiger partial charge in [0.25, 0.3) is 0 Å². The number of carboxylic acids is 2. The van der Waals surface area contributed by atoms with E-state index in [1.54, 1.807) is 32.2 Å². The zero-order valence-electron chi connectivity index (χ0n) is 43.6. The van der Waals surface area contributed by atoms with Gasteiger partial charge < -0.3 is 73.8 Å². The third-order valence-corrected chi connectivity index (χ3v) is 12.7. The fourth-order valence-electron chi connectivity index (χ4n) is 8.03. The second-order valence-corrected chi connectivity index (χ2v) is 18.8. The van der Waals surface area contributed by atoms with E-state index in [0.29, 0.717) is 17.6 Å². The van der Waals surface area contributed by atoms with Gasteiger partial charge in [0, 0.05) is 26.0 Å². The summed E-state index contributed by atoms with van der Waals surface area (Å²) in [7, 11) is 1.60. The van der Waals surface area contributed by atoms with Crippen molar-refractivity contribution < 1.29 is 68.3 Å². The van der Waals surface area contributed by atoms with Gasteiger partial charge in [0.15, 0.2) is 5.96 Å². The van der Waals surface area contributed by atoms with Gasteiger partial charge >= 0.3 is 11.9 Å². The molecule has 1 aliphatic heterocycles. The fraction of sp³-hybridized carbons (Fsp3) is 0.500. The number of aliphatic hydroxyl groups is 1. The molecular formula is C52H74N10O14. The lowest BCUT2D eigenvalue weighted by molar-refractivity contribution is -0.146. The zero-order chi connectivity index (χ0) is 56.6. The number of nitrogens with zero attached hydrogens (tertiary/aromatic N) is 1. The maximum absolute atomic E-state index is 14.4. The summed E-state index contributed by atoms with van der Waals surface area (Å²) < 4.78 is 5.81. The molecule has 7 amide bonds. The van der Waals surface area contributed by atoms with Gasteiger partial charge in [-0.15, -0.1) is 0 Å². The molecule has 11 atom stereocenters. The number of hydrogen-bond acceptors (Lipinski definition) is 13. The molecule has 2 aromatic rings. The van der Waals surface area contributed by atoms with Crippen LogP contribution in [0.15, 0.2) is 83.4 Å². The molecule has 0 bridgehead atoms. The topological polar surface area (TPSA) is 392 Å². The first-order valence-electron chi connectivity index (χ1n) is 24.9. The minimum Gasteiger partial charge on any atom is -0.508 e. The first-order valence-corrected chi connectivity index (χ1v) is 24.9. The van der Waals surface area contributed by atoms with Gasteiger partial charge in [-0.05, 0) is 75.6 Å². The number of aromatic hydroxyl groups is 1. The number of aliphatic imine (C=N–C) groups is 1. The molecule has 76 heavy (non-hydrogen) atoms. The summed E-state index contributed by atoms with van der Waals surface area (Å²) in [4.78, 5) is 126. The number of amides is 7. The molecule has 2 aromatic carbocycles. The van der Waals surface area contributed by atoms with Crippen LogP contribution in [0, 0.1) is 17.8 Å². The fourth-order valence-corrected chi connectivity index (χ4v) is 8.03. The van der Waals surface area contributed by atoms with Crippen molar-refractivity contribution in [2.75, 3.05) is 20.3 Å². The van der Waals surface area contributed by atoms with Gasteiger partial charge in [0.05, 0.1) is 30.6 Å². The zero-order valence-corrected chi connectivity index (χ0v) is 43.6. The largest absolute Gasteiger partial charge is 0.508 e. The van der Waals surface area contributed by atoms with Crippen LogP contribution in [0.4, 0.5) is 0 Å². The third kappa shape index (κ3) is 20.8. The van der Waals surface area contributed by atoms with Crippen molar-refractivity contribution in [3.05, 3.63) is 89.5 Å². The third-order valence-electron chi connectivity index (χ3n) is 12.7. The number of carbonyl (C=O) groups is 9. The summed E-state index contributed by atoms with van der Waals surface area (Å²) in [5, 5.41) is 57.5. The Morgan fingerprint density at radius 1 is 0.737 bits per heavy atom. The molecule has 0 saturated carbocycles. The van der Waals surface area contributed by atoms with Crippen LogP contribution in [0.1, 0.15) is 77.8 Å². The van der Waals surface area contributed by atoms with E-state index in [0.717, 1.165) is 5.56 Å². The number of aryl methyl sites for hydroxylation is 1. The van der Waals surface area contributed by atoms with Crippen LogP contribution in [-0.4, -0.2) is 148 Å². The normalized spacial score (nSPS) is 25.1. The average Bonchev–Trinajstić information content (AvgIpc) is 3.37. The number of hydrogen-bond donors (Lipinski definition) is 13. The second-order valence-electron chi connectivity index (χ2n) is 18.8. The molecule has 1 saturated heterocycles. The minimum atomic E-state index is -1.96. The Morgan fingerprint density at radius 3 is 1.95 bits per heavy atom. The first kappa shape index (κ1) is 62.4. The van der Waals surface area contributed by atoms with E-state index in [4.69, 9.17) is 16.2 Å². The molecule has 24 nitrogen and oxygen atoms in total. The average molecular weight is 1060 g/mol. The van der Waals surface area contributed by atoms with Gasteiger partial charge in [0.1, 0.15) is 42.0 Å². The van der Waals surface area contributed by atoms with Crippen LogP contribution in [0.5, 0.6) is 5.75 Å². The summed E-state index contributed by atoms with van der Waals surface area (Å²) in [6, 6.07) is 4.71. The van der Waals surface area contributed by atoms with E-state index in [2.05, 4.69) is 42.2 Å². The van der Waals surface area contributed by atoms with Crippen LogP contribution in [0.25, 0.3) is 0 Å². The van der Waals surface area contributed by atoms with Crippen LogP contribution < -0.4 is 48.7 Å². The van der Waals surface area contributed by atoms with Crippen molar-refractivity contribution >= 4 is 59.2 Å². The molecule has 2 unspecified atom stereocenters. The van der Waals surface area contributed by atoms with Gasteiger partial charge in [-0.3, -0.25) is 38.6 Å². The molecule has 0 aliphatic carbocycles. The Kier molecular flexibility index (Phi) is 25.6. The van der Waals surface area contributed by atoms with Crippen molar-refractivity contribution in [3.63, 3.8) is 0 Å². The Balaban J connectivity index is 2.12. The number of nitrogens with one attached hydrogen (secondary N) is 7. The number of carboxylic acid groups (broad SMARTS) is 2. The van der Waals surface area contributed by atoms with E-state index in [1.807, 2.05) is 43.3 Å². The van der Waals surface area contributed by atoms with Crippen molar-refractivity contribution in [2.45, 2.75) is 128 Å². The Hall–Kier alpha value is -7.86. The highest BCUT2D eigenvalue weighted by Crippen LogP contribution is 2.19. The van der Waals surface area contributed by atoms with Crippen LogP contribution >= 0.6 is 0 Å². The number of rotatable bonds is 17. The monoisotopic (exact) mass is 1060 g/mol. The predicted octanol–water partition coefficient (Wildman–Crippen LogP) is -0.584. The van der Waals surface area contributed by atoms with Crippen molar-refractivity contribution in [1.82, 2.24) is 37.2 Å². The number of nitrogens with two attached hydrogens (primary N) is 2. The molecule has 416 valence electrons. The van der Waals surface area contributed by atoms with Crippen LogP contribution in [0.3, 0.4) is 0 Å². The Bertz CT molecular complexity index is 2410. The Morgan fingerprint density at radius 2 is 1.34 bits per heavy atom. The smallest absolute Gasteiger partial charge is 0.327 e. The van der Waals surface area contributed by atoms with E-state index in [-0.39, 0.29) is 56.0 Å². The minimum absolute atomic E-state index is 0.00277. The number of benzene rings is 2. The number of aliphatic carboxylic acids is 2. The highest BCUT2D eigenvalue weighted by atomic mass is 16.5. The number of ether oxygens (including phenoxy) is 1. The maximum atomic E-state index is 14.4. The lowest BCUT2D eigenvalue weighted by Gasteiger charge is -2.28. The van der Waals surface area contributed by atoms with Gasteiger partial charge in [-0.2, -0.15) is 0 Å². The number of allylic oxidation sites excluding steroid dienone is 2. The summed E-state index contributed by atoms with van der Waals surface area (Å²) in [5.74, 6) is -13.2. The van der Waals surface area contributed by atoms with E-state index >= 15 is 0 Å². The number of phenolic OH excluding ortho intramolecular Hbond substituents is 1. The van der Waals surface area contributed by atoms with Crippen molar-refractivity contribution in [1.29, 1.82) is 0 Å². The predicted molar refractivity (Wildman–Crippen MR) is 278 cm³/mol. The molecule has 0 radical (unpaired) electrons. The van der Waals surface area contributed by atoms with E-state index in [1.165, 1.54) is 39.0 Å². The van der Waals surface area contributed by atoms with E-state index < -0.39 is 127 Å². The maximum Gasteiger partial charge on any atom is 0.327 e. The molecule has 3 rings (SSSR count). The van der Waals surface area contributed by atoms with Crippen molar-refractivity contribution in [2.24, 2.45) is 34.2 Å². The highest BCUT2D eigenvalue weighted by Gasteiger charge is 2.37. The molecule has 24 heteroatoms. The van der Waals surface area contributed by atoms with Crippen LogP contribution in [0.2, 0.25) is 0 Å². The van der Waals surface area contributed by atoms with Gasteiger partial charge in [-0.25, -0.2) is 9.59 Å². The number of carbonyl (C=O) groups excluding carboxylic acids is 7. The molecule has 1 aliphatic rings. The molecule has 0 spiro atoms. The lowest BCUT2D eigenvalue weighted by Crippen LogP contribution is -2.59.